The van der Waals surface area contributed by atoms with Crippen molar-refractivity contribution >= 4 is 16.6 Å². The van der Waals surface area contributed by atoms with E-state index in [1.807, 2.05) is 44.2 Å². The van der Waals surface area contributed by atoms with Crippen LogP contribution >= 0.6 is 0 Å². The number of ketones is 1. The number of hydrogen-bond acceptors (Lipinski definition) is 3. The van der Waals surface area contributed by atoms with Gasteiger partial charge >= 0.3 is 0 Å². The number of para-hydroxylation sites is 1. The van der Waals surface area contributed by atoms with E-state index >= 15 is 0 Å². The van der Waals surface area contributed by atoms with Crippen molar-refractivity contribution in [1.29, 1.82) is 0 Å². The SMILES string of the molecule is CC(=O)c1ccc(-n2ncc3c(C)n(-c4ccccc4)c(C)c3c2=O)cc1. The van der Waals surface area contributed by atoms with Crippen molar-refractivity contribution in [2.24, 2.45) is 0 Å². The predicted molar refractivity (Wildman–Crippen MR) is 106 cm³/mol. The summed E-state index contributed by atoms with van der Waals surface area (Å²) in [5.74, 6) is -0.0104. The number of rotatable bonds is 3. The van der Waals surface area contributed by atoms with E-state index in [0.29, 0.717) is 16.6 Å². The first-order valence-electron chi connectivity index (χ1n) is 8.76. The summed E-state index contributed by atoms with van der Waals surface area (Å²) < 4.78 is 3.46. The van der Waals surface area contributed by atoms with Gasteiger partial charge in [0.2, 0.25) is 0 Å². The Labute approximate surface area is 156 Å². The summed E-state index contributed by atoms with van der Waals surface area (Å²) in [5.41, 5.74) is 3.96. The van der Waals surface area contributed by atoms with Crippen LogP contribution in [-0.2, 0) is 0 Å². The molecule has 2 aromatic heterocycles. The third kappa shape index (κ3) is 2.68. The summed E-state index contributed by atoms with van der Waals surface area (Å²) in [5, 5.41) is 5.87. The molecule has 27 heavy (non-hydrogen) atoms. The molecule has 0 saturated heterocycles. The van der Waals surface area contributed by atoms with Gasteiger partial charge in [0.1, 0.15) is 0 Å². The molecule has 0 atom stereocenters. The smallest absolute Gasteiger partial charge is 0.281 e. The molecular weight excluding hydrogens is 338 g/mol. The average Bonchev–Trinajstić information content (AvgIpc) is 2.94. The van der Waals surface area contributed by atoms with Crippen molar-refractivity contribution < 1.29 is 4.79 Å². The van der Waals surface area contributed by atoms with Crippen LogP contribution in [0.3, 0.4) is 0 Å². The fourth-order valence-electron chi connectivity index (χ4n) is 3.55. The maximum absolute atomic E-state index is 13.2. The maximum Gasteiger partial charge on any atom is 0.281 e. The van der Waals surface area contributed by atoms with Crippen LogP contribution in [0.15, 0.2) is 65.6 Å². The van der Waals surface area contributed by atoms with E-state index < -0.39 is 0 Å². The summed E-state index contributed by atoms with van der Waals surface area (Å²) in [6.07, 6.45) is 1.73. The second-order valence-corrected chi connectivity index (χ2v) is 6.60. The molecule has 0 unspecified atom stereocenters. The van der Waals surface area contributed by atoms with Crippen molar-refractivity contribution in [3.8, 4) is 11.4 Å². The predicted octanol–water partition coefficient (Wildman–Crippen LogP) is 4.00. The minimum atomic E-state index is -0.168. The van der Waals surface area contributed by atoms with Gasteiger partial charge in [-0.05, 0) is 57.2 Å². The zero-order valence-corrected chi connectivity index (χ0v) is 15.4. The monoisotopic (exact) mass is 357 g/mol. The number of aryl methyl sites for hydroxylation is 2. The quantitative estimate of drug-likeness (QED) is 0.521. The van der Waals surface area contributed by atoms with E-state index in [0.717, 1.165) is 22.5 Å². The molecule has 134 valence electrons. The standard InChI is InChI=1S/C22H19N3O2/c1-14-20-13-23-25(19-11-9-17(10-12-19)16(3)26)22(27)21(20)15(2)24(14)18-7-5-4-6-8-18/h4-13H,1-3H3. The van der Waals surface area contributed by atoms with Crippen molar-refractivity contribution in [2.45, 2.75) is 20.8 Å². The number of nitrogens with zero attached hydrogens (tertiary/aromatic N) is 3. The van der Waals surface area contributed by atoms with Crippen molar-refractivity contribution in [3.05, 3.63) is 88.1 Å². The van der Waals surface area contributed by atoms with Gasteiger partial charge < -0.3 is 4.57 Å². The van der Waals surface area contributed by atoms with Gasteiger partial charge in [0.15, 0.2) is 5.78 Å². The molecule has 0 aliphatic heterocycles. The molecule has 0 amide bonds. The zero-order valence-electron chi connectivity index (χ0n) is 15.4. The molecule has 0 radical (unpaired) electrons. The van der Waals surface area contributed by atoms with Crippen molar-refractivity contribution in [2.75, 3.05) is 0 Å². The first-order valence-corrected chi connectivity index (χ1v) is 8.76. The number of aromatic nitrogens is 3. The van der Waals surface area contributed by atoms with Crippen LogP contribution in [0.2, 0.25) is 0 Å². The first-order chi connectivity index (χ1) is 13.0. The number of carbonyl (C=O) groups excluding carboxylic acids is 1. The lowest BCUT2D eigenvalue weighted by Gasteiger charge is -2.08. The Morgan fingerprint density at radius 3 is 2.19 bits per heavy atom. The van der Waals surface area contributed by atoms with Gasteiger partial charge in [-0.15, -0.1) is 0 Å². The Balaban J connectivity index is 1.94. The zero-order chi connectivity index (χ0) is 19.1. The van der Waals surface area contributed by atoms with Gasteiger partial charge in [-0.2, -0.15) is 9.78 Å². The molecule has 5 heteroatoms. The highest BCUT2D eigenvalue weighted by Crippen LogP contribution is 2.26. The number of benzene rings is 2. The molecule has 2 heterocycles. The van der Waals surface area contributed by atoms with Crippen LogP contribution < -0.4 is 5.56 Å². The number of Topliss-reactive ketones (excluding diaryl/α,β-unsaturated/α-hetero) is 1. The molecule has 4 aromatic rings. The molecule has 0 aliphatic rings. The summed E-state index contributed by atoms with van der Waals surface area (Å²) in [7, 11) is 0. The number of hydrogen-bond donors (Lipinski definition) is 0. The lowest BCUT2D eigenvalue weighted by Crippen LogP contribution is -2.21. The largest absolute Gasteiger partial charge is 0.317 e. The Kier molecular flexibility index (Phi) is 4.00. The molecule has 5 nitrogen and oxygen atoms in total. The number of fused-ring (bicyclic) bond motifs is 1. The normalized spacial score (nSPS) is 11.1. The Morgan fingerprint density at radius 2 is 1.56 bits per heavy atom. The molecule has 4 rings (SSSR count). The highest BCUT2D eigenvalue weighted by molar-refractivity contribution is 5.94. The fourth-order valence-corrected chi connectivity index (χ4v) is 3.55. The molecule has 2 aromatic carbocycles. The van der Waals surface area contributed by atoms with Gasteiger partial charge in [0.05, 0.1) is 17.3 Å². The fraction of sp³-hybridized carbons (Fsp3) is 0.136. The van der Waals surface area contributed by atoms with Crippen LogP contribution in [-0.4, -0.2) is 20.1 Å². The Morgan fingerprint density at radius 1 is 0.889 bits per heavy atom. The van der Waals surface area contributed by atoms with E-state index in [4.69, 9.17) is 0 Å². The molecule has 0 aliphatic carbocycles. The highest BCUT2D eigenvalue weighted by Gasteiger charge is 2.17. The third-order valence-electron chi connectivity index (χ3n) is 4.93. The van der Waals surface area contributed by atoms with Gasteiger partial charge in [0, 0.05) is 28.0 Å². The number of carbonyl (C=O) groups is 1. The highest BCUT2D eigenvalue weighted by atomic mass is 16.1. The van der Waals surface area contributed by atoms with Gasteiger partial charge in [0.25, 0.3) is 5.56 Å². The Hall–Kier alpha value is -3.47. The second kappa shape index (κ2) is 6.36. The Bertz CT molecular complexity index is 1220. The van der Waals surface area contributed by atoms with Crippen LogP contribution in [0.5, 0.6) is 0 Å². The van der Waals surface area contributed by atoms with Gasteiger partial charge in [-0.25, -0.2) is 0 Å². The van der Waals surface area contributed by atoms with E-state index in [9.17, 15) is 9.59 Å². The van der Waals surface area contributed by atoms with E-state index in [1.54, 1.807) is 30.5 Å². The molecule has 0 N–H and O–H groups in total. The summed E-state index contributed by atoms with van der Waals surface area (Å²) >= 11 is 0. The van der Waals surface area contributed by atoms with E-state index in [2.05, 4.69) is 9.67 Å². The lowest BCUT2D eigenvalue weighted by atomic mass is 10.1. The maximum atomic E-state index is 13.2. The van der Waals surface area contributed by atoms with Crippen LogP contribution in [0.1, 0.15) is 28.7 Å². The van der Waals surface area contributed by atoms with Crippen LogP contribution in [0.25, 0.3) is 22.1 Å². The third-order valence-corrected chi connectivity index (χ3v) is 4.93. The summed E-state index contributed by atoms with van der Waals surface area (Å²) in [6.45, 7) is 5.46. The lowest BCUT2D eigenvalue weighted by molar-refractivity contribution is 0.101. The minimum absolute atomic E-state index is 0.0104. The van der Waals surface area contributed by atoms with Crippen LogP contribution in [0.4, 0.5) is 0 Å². The van der Waals surface area contributed by atoms with Crippen molar-refractivity contribution in [1.82, 2.24) is 14.3 Å². The van der Waals surface area contributed by atoms with Crippen molar-refractivity contribution in [3.63, 3.8) is 0 Å². The van der Waals surface area contributed by atoms with E-state index in [-0.39, 0.29) is 11.3 Å². The minimum Gasteiger partial charge on any atom is -0.317 e. The average molecular weight is 357 g/mol. The molecule has 0 bridgehead atoms. The van der Waals surface area contributed by atoms with Gasteiger partial charge in [-0.3, -0.25) is 9.59 Å². The van der Waals surface area contributed by atoms with E-state index in [1.165, 1.54) is 11.6 Å². The van der Waals surface area contributed by atoms with Gasteiger partial charge in [-0.1, -0.05) is 18.2 Å². The summed E-state index contributed by atoms with van der Waals surface area (Å²) in [4.78, 5) is 24.7. The molecule has 0 saturated carbocycles. The topological polar surface area (TPSA) is 56.9 Å². The molecular formula is C22H19N3O2. The first kappa shape index (κ1) is 17.0. The molecule has 0 fully saturated rings. The summed E-state index contributed by atoms with van der Waals surface area (Å²) in [6, 6.07) is 16.9. The second-order valence-electron chi connectivity index (χ2n) is 6.60. The molecule has 0 spiro atoms. The van der Waals surface area contributed by atoms with Crippen LogP contribution in [0, 0.1) is 13.8 Å².